The van der Waals surface area contributed by atoms with E-state index in [1.165, 1.54) is 4.31 Å². The molecular formula is C8H18N2O3S. The molecule has 0 atom stereocenters. The van der Waals surface area contributed by atoms with Crippen LogP contribution in [0, 0.1) is 0 Å². The molecule has 0 aromatic heterocycles. The van der Waals surface area contributed by atoms with Gasteiger partial charge in [-0.1, -0.05) is 6.92 Å². The minimum absolute atomic E-state index is 0.391. The predicted octanol–water partition coefficient (Wildman–Crippen LogP) is -0.313. The fraction of sp³-hybridized carbons (Fsp3) is 1.00. The summed E-state index contributed by atoms with van der Waals surface area (Å²) in [4.78, 5) is 0. The van der Waals surface area contributed by atoms with Gasteiger partial charge in [0.2, 0.25) is 0 Å². The Labute approximate surface area is 85.3 Å². The second kappa shape index (κ2) is 4.14. The molecule has 84 valence electrons. The Balaban J connectivity index is 2.58. The van der Waals surface area contributed by atoms with Crippen molar-refractivity contribution in [1.82, 2.24) is 9.03 Å². The zero-order chi connectivity index (χ0) is 10.8. The van der Waals surface area contributed by atoms with Gasteiger partial charge in [0.25, 0.3) is 10.2 Å². The first kappa shape index (κ1) is 11.9. The summed E-state index contributed by atoms with van der Waals surface area (Å²) >= 11 is 0. The molecule has 1 fully saturated rings. The maximum absolute atomic E-state index is 11.5. The molecule has 0 radical (unpaired) electrons. The fourth-order valence-electron chi connectivity index (χ4n) is 1.48. The van der Waals surface area contributed by atoms with Crippen LogP contribution in [0.3, 0.4) is 0 Å². The van der Waals surface area contributed by atoms with Crippen LogP contribution < -0.4 is 4.72 Å². The summed E-state index contributed by atoms with van der Waals surface area (Å²) in [7, 11) is -3.31. The van der Waals surface area contributed by atoms with E-state index in [1.54, 1.807) is 13.8 Å². The summed E-state index contributed by atoms with van der Waals surface area (Å²) in [5, 5.41) is 9.65. The highest BCUT2D eigenvalue weighted by Crippen LogP contribution is 2.22. The third-order valence-electron chi connectivity index (χ3n) is 2.47. The van der Waals surface area contributed by atoms with Crippen molar-refractivity contribution in [3.63, 3.8) is 0 Å². The van der Waals surface area contributed by atoms with Gasteiger partial charge in [-0.25, -0.2) is 4.72 Å². The Kier molecular flexibility index (Phi) is 3.52. The molecule has 1 heterocycles. The van der Waals surface area contributed by atoms with Gasteiger partial charge in [0.05, 0.1) is 5.60 Å². The van der Waals surface area contributed by atoms with Gasteiger partial charge >= 0.3 is 0 Å². The molecule has 1 rings (SSSR count). The lowest BCUT2D eigenvalue weighted by Gasteiger charge is -2.34. The maximum atomic E-state index is 11.5. The van der Waals surface area contributed by atoms with Gasteiger partial charge in [-0.05, 0) is 19.8 Å². The normalized spacial score (nSPS) is 23.6. The molecule has 2 N–H and O–H groups in total. The highest BCUT2D eigenvalue weighted by atomic mass is 32.2. The summed E-state index contributed by atoms with van der Waals surface area (Å²) in [5.74, 6) is 0. The Morgan fingerprint density at radius 3 is 2.36 bits per heavy atom. The van der Waals surface area contributed by atoms with Crippen molar-refractivity contribution in [1.29, 1.82) is 0 Å². The molecule has 0 unspecified atom stereocenters. The second-order valence-electron chi connectivity index (χ2n) is 3.90. The van der Waals surface area contributed by atoms with Gasteiger partial charge in [0.15, 0.2) is 0 Å². The summed E-state index contributed by atoms with van der Waals surface area (Å²) in [6.07, 6.45) is 0.995. The van der Waals surface area contributed by atoms with E-state index < -0.39 is 15.8 Å². The lowest BCUT2D eigenvalue weighted by atomic mass is 9.95. The van der Waals surface area contributed by atoms with E-state index in [9.17, 15) is 13.5 Å². The number of rotatable bonds is 3. The largest absolute Gasteiger partial charge is 0.390 e. The van der Waals surface area contributed by atoms with Gasteiger partial charge < -0.3 is 5.11 Å². The highest BCUT2D eigenvalue weighted by Gasteiger charge is 2.32. The zero-order valence-electron chi connectivity index (χ0n) is 8.65. The average Bonchev–Trinajstić information content (AvgIpc) is 2.03. The summed E-state index contributed by atoms with van der Waals surface area (Å²) in [5.41, 5.74) is -0.710. The molecule has 1 aliphatic heterocycles. The molecule has 0 aliphatic carbocycles. The van der Waals surface area contributed by atoms with E-state index in [-0.39, 0.29) is 0 Å². The molecule has 1 aliphatic rings. The van der Waals surface area contributed by atoms with E-state index in [0.717, 1.165) is 0 Å². The predicted molar refractivity (Wildman–Crippen MR) is 54.0 cm³/mol. The molecule has 1 saturated heterocycles. The van der Waals surface area contributed by atoms with Crippen LogP contribution in [0.15, 0.2) is 0 Å². The van der Waals surface area contributed by atoms with Crippen LogP contribution in [0.1, 0.15) is 26.7 Å². The van der Waals surface area contributed by atoms with Crippen molar-refractivity contribution >= 4 is 10.2 Å². The summed E-state index contributed by atoms with van der Waals surface area (Å²) in [6.45, 7) is 4.67. The zero-order valence-corrected chi connectivity index (χ0v) is 9.47. The Morgan fingerprint density at radius 1 is 1.43 bits per heavy atom. The first-order chi connectivity index (χ1) is 6.37. The van der Waals surface area contributed by atoms with Crippen molar-refractivity contribution in [3.05, 3.63) is 0 Å². The molecule has 0 spiro atoms. The number of hydrogen-bond acceptors (Lipinski definition) is 3. The molecule has 0 aromatic carbocycles. The summed E-state index contributed by atoms with van der Waals surface area (Å²) < 4.78 is 26.9. The van der Waals surface area contributed by atoms with E-state index in [2.05, 4.69) is 4.72 Å². The first-order valence-corrected chi connectivity index (χ1v) is 6.28. The average molecular weight is 222 g/mol. The van der Waals surface area contributed by atoms with Crippen LogP contribution in [0.5, 0.6) is 0 Å². The van der Waals surface area contributed by atoms with Gasteiger partial charge in [-0.15, -0.1) is 0 Å². The number of aliphatic hydroxyl groups is 1. The Bertz CT molecular complexity index is 277. The molecule has 0 aromatic rings. The van der Waals surface area contributed by atoms with Crippen LogP contribution in [-0.2, 0) is 10.2 Å². The van der Waals surface area contributed by atoms with Crippen molar-refractivity contribution in [2.45, 2.75) is 32.3 Å². The van der Waals surface area contributed by atoms with Crippen molar-refractivity contribution in [3.8, 4) is 0 Å². The van der Waals surface area contributed by atoms with E-state index in [1.807, 2.05) is 0 Å². The monoisotopic (exact) mass is 222 g/mol. The molecule has 14 heavy (non-hydrogen) atoms. The van der Waals surface area contributed by atoms with Crippen LogP contribution >= 0.6 is 0 Å². The summed E-state index contributed by atoms with van der Waals surface area (Å²) in [6, 6.07) is 0. The molecule has 0 amide bonds. The van der Waals surface area contributed by atoms with E-state index in [0.29, 0.717) is 32.5 Å². The topological polar surface area (TPSA) is 69.6 Å². The van der Waals surface area contributed by atoms with Crippen molar-refractivity contribution < 1.29 is 13.5 Å². The quantitative estimate of drug-likeness (QED) is 0.688. The molecule has 5 nitrogen and oxygen atoms in total. The lowest BCUT2D eigenvalue weighted by Crippen LogP contribution is -2.49. The molecule has 0 bridgehead atoms. The minimum Gasteiger partial charge on any atom is -0.390 e. The Morgan fingerprint density at radius 2 is 1.93 bits per heavy atom. The van der Waals surface area contributed by atoms with Crippen LogP contribution in [0.4, 0.5) is 0 Å². The SMILES string of the molecule is CCNS(=O)(=O)N1CCC(C)(O)CC1. The highest BCUT2D eigenvalue weighted by molar-refractivity contribution is 7.87. The standard InChI is InChI=1S/C8H18N2O3S/c1-3-9-14(12,13)10-6-4-8(2,11)5-7-10/h9,11H,3-7H2,1-2H3. The van der Waals surface area contributed by atoms with Crippen molar-refractivity contribution in [2.75, 3.05) is 19.6 Å². The molecule has 6 heteroatoms. The Hall–Kier alpha value is -0.170. The third-order valence-corrected chi connectivity index (χ3v) is 4.16. The number of piperidine rings is 1. The molecule has 0 saturated carbocycles. The lowest BCUT2D eigenvalue weighted by molar-refractivity contribution is 0.0124. The fourth-order valence-corrected chi connectivity index (χ4v) is 2.69. The minimum atomic E-state index is -3.31. The van der Waals surface area contributed by atoms with Crippen LogP contribution in [0.25, 0.3) is 0 Å². The van der Waals surface area contributed by atoms with Crippen LogP contribution in [-0.4, -0.2) is 43.1 Å². The van der Waals surface area contributed by atoms with E-state index >= 15 is 0 Å². The first-order valence-electron chi connectivity index (χ1n) is 4.84. The maximum Gasteiger partial charge on any atom is 0.279 e. The van der Waals surface area contributed by atoms with Gasteiger partial charge in [-0.2, -0.15) is 12.7 Å². The number of nitrogens with one attached hydrogen (secondary N) is 1. The third kappa shape index (κ3) is 2.91. The number of hydrogen-bond donors (Lipinski definition) is 2. The smallest absolute Gasteiger partial charge is 0.279 e. The molecular weight excluding hydrogens is 204 g/mol. The van der Waals surface area contributed by atoms with Crippen LogP contribution in [0.2, 0.25) is 0 Å². The van der Waals surface area contributed by atoms with Gasteiger partial charge in [-0.3, -0.25) is 0 Å². The van der Waals surface area contributed by atoms with Crippen molar-refractivity contribution in [2.24, 2.45) is 0 Å². The van der Waals surface area contributed by atoms with Gasteiger partial charge in [0.1, 0.15) is 0 Å². The number of nitrogens with zero attached hydrogens (tertiary/aromatic N) is 1. The van der Waals surface area contributed by atoms with Gasteiger partial charge in [0, 0.05) is 19.6 Å². The van der Waals surface area contributed by atoms with E-state index in [4.69, 9.17) is 0 Å². The second-order valence-corrected chi connectivity index (χ2v) is 5.65.